The summed E-state index contributed by atoms with van der Waals surface area (Å²) in [7, 11) is 1.93. The minimum absolute atomic E-state index is 0.0460. The Morgan fingerprint density at radius 2 is 2.19 bits per heavy atom. The molecule has 16 heavy (non-hydrogen) atoms. The number of carboxylic acid groups (broad SMARTS) is 1. The number of rotatable bonds is 4. The third kappa shape index (κ3) is 3.48. The van der Waals surface area contributed by atoms with E-state index >= 15 is 0 Å². The van der Waals surface area contributed by atoms with Gasteiger partial charge in [0.15, 0.2) is 0 Å². The van der Waals surface area contributed by atoms with Crippen LogP contribution in [0.1, 0.15) is 26.2 Å². The number of piperidine rings is 1. The van der Waals surface area contributed by atoms with E-state index in [1.165, 1.54) is 0 Å². The molecule has 2 N–H and O–H groups in total. The van der Waals surface area contributed by atoms with Gasteiger partial charge in [0.25, 0.3) is 0 Å². The molecule has 0 aromatic rings. The molecule has 1 amide bonds. The van der Waals surface area contributed by atoms with Crippen molar-refractivity contribution in [3.63, 3.8) is 0 Å². The Morgan fingerprint density at radius 3 is 2.75 bits per heavy atom. The molecular formula is C11H20N2O3. The van der Waals surface area contributed by atoms with Crippen LogP contribution in [-0.2, 0) is 9.59 Å². The van der Waals surface area contributed by atoms with E-state index in [0.717, 1.165) is 25.8 Å². The molecule has 0 bridgehead atoms. The Kier molecular flexibility index (Phi) is 4.73. The molecule has 1 saturated heterocycles. The molecule has 0 aromatic heterocycles. The van der Waals surface area contributed by atoms with E-state index in [1.807, 2.05) is 11.9 Å². The summed E-state index contributed by atoms with van der Waals surface area (Å²) in [6.07, 6.45) is 3.06. The number of carbonyl (C=O) groups is 2. The Hall–Kier alpha value is -1.10. The van der Waals surface area contributed by atoms with Gasteiger partial charge in [0.05, 0.1) is 12.0 Å². The van der Waals surface area contributed by atoms with Crippen molar-refractivity contribution in [2.45, 2.75) is 32.2 Å². The zero-order chi connectivity index (χ0) is 12.1. The number of aliphatic carboxylic acids is 1. The van der Waals surface area contributed by atoms with Crippen molar-refractivity contribution in [2.75, 3.05) is 20.1 Å². The third-order valence-electron chi connectivity index (χ3n) is 3.08. The predicted molar refractivity (Wildman–Crippen MR) is 60.1 cm³/mol. The first-order valence-corrected chi connectivity index (χ1v) is 5.73. The van der Waals surface area contributed by atoms with Crippen molar-refractivity contribution in [3.05, 3.63) is 0 Å². The van der Waals surface area contributed by atoms with Crippen molar-refractivity contribution < 1.29 is 14.7 Å². The lowest BCUT2D eigenvalue weighted by Crippen LogP contribution is -2.48. The molecule has 1 rings (SSSR count). The number of nitrogens with one attached hydrogen (secondary N) is 1. The number of amides is 1. The van der Waals surface area contributed by atoms with Crippen molar-refractivity contribution in [2.24, 2.45) is 5.92 Å². The number of hydrogen-bond donors (Lipinski definition) is 2. The smallest absolute Gasteiger partial charge is 0.308 e. The third-order valence-corrected chi connectivity index (χ3v) is 3.08. The molecule has 2 unspecified atom stereocenters. The van der Waals surface area contributed by atoms with Crippen LogP contribution in [-0.4, -0.2) is 48.1 Å². The SMILES string of the molecule is CC(CNC(=O)C1CCCCN1C)C(=O)O. The summed E-state index contributed by atoms with van der Waals surface area (Å²) in [6, 6.07) is -0.0882. The van der Waals surface area contributed by atoms with Gasteiger partial charge in [-0.25, -0.2) is 0 Å². The van der Waals surface area contributed by atoms with Gasteiger partial charge in [0, 0.05) is 6.54 Å². The summed E-state index contributed by atoms with van der Waals surface area (Å²) in [5, 5.41) is 11.4. The van der Waals surface area contributed by atoms with Crippen molar-refractivity contribution in [1.29, 1.82) is 0 Å². The first-order valence-electron chi connectivity index (χ1n) is 5.73. The van der Waals surface area contributed by atoms with Gasteiger partial charge in [-0.15, -0.1) is 0 Å². The van der Waals surface area contributed by atoms with E-state index in [2.05, 4.69) is 5.32 Å². The van der Waals surface area contributed by atoms with E-state index < -0.39 is 11.9 Å². The van der Waals surface area contributed by atoms with Gasteiger partial charge in [-0.1, -0.05) is 13.3 Å². The fraction of sp³-hybridized carbons (Fsp3) is 0.818. The zero-order valence-corrected chi connectivity index (χ0v) is 9.90. The van der Waals surface area contributed by atoms with E-state index in [0.29, 0.717) is 0 Å². The molecule has 5 nitrogen and oxygen atoms in total. The Balaban J connectivity index is 2.36. The van der Waals surface area contributed by atoms with Crippen LogP contribution in [0.2, 0.25) is 0 Å². The number of likely N-dealkylation sites (N-methyl/N-ethyl adjacent to an activating group) is 1. The summed E-state index contributed by atoms with van der Waals surface area (Å²) >= 11 is 0. The maximum atomic E-state index is 11.8. The molecule has 1 fully saturated rings. The zero-order valence-electron chi connectivity index (χ0n) is 9.90. The number of likely N-dealkylation sites (tertiary alicyclic amines) is 1. The molecule has 2 atom stereocenters. The van der Waals surface area contributed by atoms with E-state index in [-0.39, 0.29) is 18.5 Å². The molecule has 1 aliphatic rings. The number of hydrogen-bond acceptors (Lipinski definition) is 3. The Bertz CT molecular complexity index is 268. The standard InChI is InChI=1S/C11H20N2O3/c1-8(11(15)16)7-12-10(14)9-5-3-4-6-13(9)2/h8-9H,3-7H2,1-2H3,(H,12,14)(H,15,16). The summed E-state index contributed by atoms with van der Waals surface area (Å²) in [5.74, 6) is -1.45. The maximum absolute atomic E-state index is 11.8. The molecule has 0 aromatic carbocycles. The second-order valence-electron chi connectivity index (χ2n) is 4.48. The van der Waals surface area contributed by atoms with Gasteiger partial charge < -0.3 is 10.4 Å². The van der Waals surface area contributed by atoms with Crippen LogP contribution < -0.4 is 5.32 Å². The van der Waals surface area contributed by atoms with Crippen LogP contribution in [0, 0.1) is 5.92 Å². The topological polar surface area (TPSA) is 69.6 Å². The van der Waals surface area contributed by atoms with Crippen molar-refractivity contribution in [3.8, 4) is 0 Å². The van der Waals surface area contributed by atoms with Gasteiger partial charge >= 0.3 is 5.97 Å². The van der Waals surface area contributed by atoms with Crippen LogP contribution in [0.4, 0.5) is 0 Å². The minimum Gasteiger partial charge on any atom is -0.481 e. The van der Waals surface area contributed by atoms with Crippen molar-refractivity contribution >= 4 is 11.9 Å². The molecule has 0 aliphatic carbocycles. The van der Waals surface area contributed by atoms with E-state index in [9.17, 15) is 9.59 Å². The summed E-state index contributed by atoms with van der Waals surface area (Å²) < 4.78 is 0. The molecular weight excluding hydrogens is 208 g/mol. The minimum atomic E-state index is -0.878. The first kappa shape index (κ1) is 13.0. The van der Waals surface area contributed by atoms with E-state index in [4.69, 9.17) is 5.11 Å². The van der Waals surface area contributed by atoms with Crippen LogP contribution >= 0.6 is 0 Å². The molecule has 92 valence electrons. The number of nitrogens with zero attached hydrogens (tertiary/aromatic N) is 1. The predicted octanol–water partition coefficient (Wildman–Crippen LogP) is 0.308. The van der Waals surface area contributed by atoms with Crippen LogP contribution in [0.25, 0.3) is 0 Å². The van der Waals surface area contributed by atoms with E-state index in [1.54, 1.807) is 6.92 Å². The van der Waals surface area contributed by atoms with Crippen LogP contribution in [0.5, 0.6) is 0 Å². The summed E-state index contributed by atoms with van der Waals surface area (Å²) in [6.45, 7) is 2.73. The van der Waals surface area contributed by atoms with Crippen LogP contribution in [0.15, 0.2) is 0 Å². The van der Waals surface area contributed by atoms with Gasteiger partial charge in [0.1, 0.15) is 0 Å². The lowest BCUT2D eigenvalue weighted by Gasteiger charge is -2.31. The molecule has 5 heteroatoms. The monoisotopic (exact) mass is 228 g/mol. The Morgan fingerprint density at radius 1 is 1.50 bits per heavy atom. The van der Waals surface area contributed by atoms with Gasteiger partial charge in [-0.05, 0) is 26.4 Å². The fourth-order valence-corrected chi connectivity index (χ4v) is 1.87. The Labute approximate surface area is 95.8 Å². The average molecular weight is 228 g/mol. The van der Waals surface area contributed by atoms with Crippen molar-refractivity contribution in [1.82, 2.24) is 10.2 Å². The highest BCUT2D eigenvalue weighted by molar-refractivity contribution is 5.82. The second kappa shape index (κ2) is 5.84. The fourth-order valence-electron chi connectivity index (χ4n) is 1.87. The molecule has 0 spiro atoms. The molecule has 0 saturated carbocycles. The second-order valence-corrected chi connectivity index (χ2v) is 4.48. The first-order chi connectivity index (χ1) is 7.52. The number of carbonyl (C=O) groups excluding carboxylic acids is 1. The van der Waals surface area contributed by atoms with Gasteiger partial charge in [-0.2, -0.15) is 0 Å². The lowest BCUT2D eigenvalue weighted by molar-refractivity contribution is -0.141. The van der Waals surface area contributed by atoms with Gasteiger partial charge in [0.2, 0.25) is 5.91 Å². The molecule has 0 radical (unpaired) electrons. The highest BCUT2D eigenvalue weighted by Crippen LogP contribution is 2.14. The lowest BCUT2D eigenvalue weighted by atomic mass is 10.0. The van der Waals surface area contributed by atoms with Gasteiger partial charge in [-0.3, -0.25) is 14.5 Å². The molecule has 1 heterocycles. The largest absolute Gasteiger partial charge is 0.481 e. The highest BCUT2D eigenvalue weighted by atomic mass is 16.4. The average Bonchev–Trinajstić information content (AvgIpc) is 2.25. The normalized spacial score (nSPS) is 23.8. The quantitative estimate of drug-likeness (QED) is 0.726. The number of carboxylic acids is 1. The summed E-state index contributed by atoms with van der Waals surface area (Å²) in [5.41, 5.74) is 0. The maximum Gasteiger partial charge on any atom is 0.308 e. The molecule has 1 aliphatic heterocycles. The summed E-state index contributed by atoms with van der Waals surface area (Å²) in [4.78, 5) is 24.4. The highest BCUT2D eigenvalue weighted by Gasteiger charge is 2.26. The van der Waals surface area contributed by atoms with Crippen LogP contribution in [0.3, 0.4) is 0 Å².